The Morgan fingerprint density at radius 1 is 1.39 bits per heavy atom. The summed E-state index contributed by atoms with van der Waals surface area (Å²) >= 11 is 0. The van der Waals surface area contributed by atoms with Crippen molar-refractivity contribution in [2.45, 2.75) is 25.0 Å². The van der Waals surface area contributed by atoms with Crippen LogP contribution in [0.1, 0.15) is 29.0 Å². The van der Waals surface area contributed by atoms with Gasteiger partial charge in [0.1, 0.15) is 6.61 Å². The number of methoxy groups -OCH3 is 1. The standard InChI is InChI=1S/C15H20N4O4/c1-22-14(21)12-7-16-11(6-17-12)8-19-4-2-15(3-5-19)10-18-13(20)9-23-15/h6-7H,2-5,8-10H2,1H3,(H,18,20). The Morgan fingerprint density at radius 2 is 2.17 bits per heavy atom. The molecule has 23 heavy (non-hydrogen) atoms. The molecule has 0 radical (unpaired) electrons. The van der Waals surface area contributed by atoms with E-state index >= 15 is 0 Å². The number of hydrogen-bond acceptors (Lipinski definition) is 7. The number of morpholine rings is 1. The summed E-state index contributed by atoms with van der Waals surface area (Å²) in [6, 6.07) is 0. The van der Waals surface area contributed by atoms with Crippen LogP contribution in [0.4, 0.5) is 0 Å². The Hall–Kier alpha value is -2.06. The molecule has 2 fully saturated rings. The van der Waals surface area contributed by atoms with E-state index in [4.69, 9.17) is 4.74 Å². The zero-order valence-electron chi connectivity index (χ0n) is 13.1. The van der Waals surface area contributed by atoms with Gasteiger partial charge in [0.15, 0.2) is 5.69 Å². The molecule has 0 aromatic carbocycles. The molecule has 8 heteroatoms. The lowest BCUT2D eigenvalue weighted by atomic mass is 9.90. The van der Waals surface area contributed by atoms with Gasteiger partial charge in [0.25, 0.3) is 0 Å². The Morgan fingerprint density at radius 3 is 2.74 bits per heavy atom. The quantitative estimate of drug-likeness (QED) is 0.767. The van der Waals surface area contributed by atoms with E-state index in [-0.39, 0.29) is 23.8 Å². The second-order valence-corrected chi connectivity index (χ2v) is 5.91. The number of likely N-dealkylation sites (tertiary alicyclic amines) is 1. The first-order chi connectivity index (χ1) is 11.1. The molecule has 0 aliphatic carbocycles. The van der Waals surface area contributed by atoms with Crippen LogP contribution in [0.5, 0.6) is 0 Å². The summed E-state index contributed by atoms with van der Waals surface area (Å²) in [4.78, 5) is 33.1. The van der Waals surface area contributed by atoms with Crippen LogP contribution in [0.25, 0.3) is 0 Å². The van der Waals surface area contributed by atoms with Crippen LogP contribution >= 0.6 is 0 Å². The van der Waals surface area contributed by atoms with Crippen LogP contribution in [0, 0.1) is 0 Å². The second kappa shape index (κ2) is 6.59. The van der Waals surface area contributed by atoms with Crippen molar-refractivity contribution in [2.75, 3.05) is 33.4 Å². The van der Waals surface area contributed by atoms with Crippen molar-refractivity contribution in [1.82, 2.24) is 20.2 Å². The highest BCUT2D eigenvalue weighted by atomic mass is 16.5. The number of aromatic nitrogens is 2. The third-order valence-corrected chi connectivity index (χ3v) is 4.37. The molecule has 0 saturated carbocycles. The van der Waals surface area contributed by atoms with Gasteiger partial charge in [0, 0.05) is 26.2 Å². The van der Waals surface area contributed by atoms with Gasteiger partial charge < -0.3 is 14.8 Å². The summed E-state index contributed by atoms with van der Waals surface area (Å²) in [6.45, 7) is 3.16. The minimum Gasteiger partial charge on any atom is -0.464 e. The van der Waals surface area contributed by atoms with Crippen molar-refractivity contribution in [1.29, 1.82) is 0 Å². The topological polar surface area (TPSA) is 93.7 Å². The molecule has 3 heterocycles. The largest absolute Gasteiger partial charge is 0.464 e. The number of esters is 1. The fraction of sp³-hybridized carbons (Fsp3) is 0.600. The number of ether oxygens (including phenoxy) is 2. The van der Waals surface area contributed by atoms with Gasteiger partial charge in [0.05, 0.1) is 30.8 Å². The predicted molar refractivity (Wildman–Crippen MR) is 79.6 cm³/mol. The molecule has 1 aromatic heterocycles. The van der Waals surface area contributed by atoms with Gasteiger partial charge in [-0.1, -0.05) is 0 Å². The number of nitrogens with one attached hydrogen (secondary N) is 1. The third kappa shape index (κ3) is 3.65. The highest BCUT2D eigenvalue weighted by Gasteiger charge is 2.38. The average molecular weight is 320 g/mol. The maximum atomic E-state index is 11.3. The summed E-state index contributed by atoms with van der Waals surface area (Å²) in [5.74, 6) is -0.528. The Balaban J connectivity index is 1.52. The molecule has 0 unspecified atom stereocenters. The Labute approximate surface area is 134 Å². The number of piperidine rings is 1. The lowest BCUT2D eigenvalue weighted by Crippen LogP contribution is -2.57. The molecule has 3 rings (SSSR count). The van der Waals surface area contributed by atoms with Crippen molar-refractivity contribution in [3.05, 3.63) is 23.8 Å². The van der Waals surface area contributed by atoms with E-state index in [9.17, 15) is 9.59 Å². The number of hydrogen-bond donors (Lipinski definition) is 1. The molecular weight excluding hydrogens is 300 g/mol. The molecule has 2 aliphatic rings. The van der Waals surface area contributed by atoms with Crippen LogP contribution in [-0.2, 0) is 20.8 Å². The second-order valence-electron chi connectivity index (χ2n) is 5.91. The van der Waals surface area contributed by atoms with E-state index in [1.807, 2.05) is 0 Å². The summed E-state index contributed by atoms with van der Waals surface area (Å²) < 4.78 is 10.4. The van der Waals surface area contributed by atoms with Gasteiger partial charge in [-0.15, -0.1) is 0 Å². The normalized spacial score (nSPS) is 21.0. The zero-order valence-corrected chi connectivity index (χ0v) is 13.1. The summed E-state index contributed by atoms with van der Waals surface area (Å²) in [7, 11) is 1.32. The van der Waals surface area contributed by atoms with E-state index in [0.29, 0.717) is 13.1 Å². The van der Waals surface area contributed by atoms with E-state index in [1.165, 1.54) is 13.3 Å². The van der Waals surface area contributed by atoms with Crippen LogP contribution in [0.15, 0.2) is 12.4 Å². The fourth-order valence-electron chi connectivity index (χ4n) is 2.90. The lowest BCUT2D eigenvalue weighted by molar-refractivity contribution is -0.150. The number of carbonyl (C=O) groups excluding carboxylic acids is 2. The van der Waals surface area contributed by atoms with Crippen molar-refractivity contribution in [3.8, 4) is 0 Å². The van der Waals surface area contributed by atoms with Gasteiger partial charge in [-0.25, -0.2) is 9.78 Å². The predicted octanol–water partition coefficient (Wildman–Crippen LogP) is -0.256. The van der Waals surface area contributed by atoms with Crippen molar-refractivity contribution in [2.24, 2.45) is 0 Å². The van der Waals surface area contributed by atoms with Crippen molar-refractivity contribution >= 4 is 11.9 Å². The van der Waals surface area contributed by atoms with Gasteiger partial charge in [-0.2, -0.15) is 0 Å². The monoisotopic (exact) mass is 320 g/mol. The molecule has 1 aromatic rings. The molecule has 1 amide bonds. The highest BCUT2D eigenvalue weighted by Crippen LogP contribution is 2.28. The van der Waals surface area contributed by atoms with E-state index in [1.54, 1.807) is 6.20 Å². The molecule has 0 atom stereocenters. The van der Waals surface area contributed by atoms with Crippen LogP contribution in [-0.4, -0.2) is 65.7 Å². The zero-order chi connectivity index (χ0) is 16.3. The van der Waals surface area contributed by atoms with Crippen LogP contribution in [0.2, 0.25) is 0 Å². The first kappa shape index (κ1) is 15.8. The van der Waals surface area contributed by atoms with Crippen LogP contribution in [0.3, 0.4) is 0 Å². The van der Waals surface area contributed by atoms with Crippen LogP contribution < -0.4 is 5.32 Å². The first-order valence-electron chi connectivity index (χ1n) is 7.62. The SMILES string of the molecule is COC(=O)c1cnc(CN2CCC3(CC2)CNC(=O)CO3)cn1. The summed E-state index contributed by atoms with van der Waals surface area (Å²) in [5.41, 5.74) is 0.803. The molecule has 2 aliphatic heterocycles. The maximum Gasteiger partial charge on any atom is 0.358 e. The molecule has 0 bridgehead atoms. The Kier molecular flexibility index (Phi) is 4.53. The van der Waals surface area contributed by atoms with E-state index < -0.39 is 5.97 Å². The smallest absolute Gasteiger partial charge is 0.358 e. The number of nitrogens with zero attached hydrogens (tertiary/aromatic N) is 3. The molecule has 1 N–H and O–H groups in total. The fourth-order valence-corrected chi connectivity index (χ4v) is 2.90. The minimum atomic E-state index is -0.486. The van der Waals surface area contributed by atoms with E-state index in [2.05, 4.69) is 24.9 Å². The summed E-state index contributed by atoms with van der Waals surface area (Å²) in [6.07, 6.45) is 4.79. The molecule has 124 valence electrons. The number of carbonyl (C=O) groups is 2. The first-order valence-corrected chi connectivity index (χ1v) is 7.62. The molecule has 2 saturated heterocycles. The minimum absolute atomic E-state index is 0.0426. The Bertz CT molecular complexity index is 570. The van der Waals surface area contributed by atoms with Gasteiger partial charge in [-0.05, 0) is 12.8 Å². The van der Waals surface area contributed by atoms with Gasteiger partial charge in [0.2, 0.25) is 5.91 Å². The molecule has 8 nitrogen and oxygen atoms in total. The highest BCUT2D eigenvalue weighted by molar-refractivity contribution is 5.86. The number of amides is 1. The van der Waals surface area contributed by atoms with E-state index in [0.717, 1.165) is 31.6 Å². The maximum absolute atomic E-state index is 11.3. The number of rotatable bonds is 3. The lowest BCUT2D eigenvalue weighted by Gasteiger charge is -2.43. The average Bonchev–Trinajstić information content (AvgIpc) is 2.60. The molecular formula is C15H20N4O4. The van der Waals surface area contributed by atoms with Crippen molar-refractivity contribution in [3.63, 3.8) is 0 Å². The molecule has 1 spiro atoms. The van der Waals surface area contributed by atoms with Gasteiger partial charge in [-0.3, -0.25) is 14.7 Å². The van der Waals surface area contributed by atoms with Gasteiger partial charge >= 0.3 is 5.97 Å². The van der Waals surface area contributed by atoms with Crippen molar-refractivity contribution < 1.29 is 19.1 Å². The third-order valence-electron chi connectivity index (χ3n) is 4.37. The summed E-state index contributed by atoms with van der Waals surface area (Å²) in [5, 5.41) is 2.88.